The van der Waals surface area contributed by atoms with Crippen molar-refractivity contribution < 1.29 is 8.42 Å². The van der Waals surface area contributed by atoms with E-state index in [9.17, 15) is 8.42 Å². The van der Waals surface area contributed by atoms with Gasteiger partial charge in [0.15, 0.2) is 0 Å². The van der Waals surface area contributed by atoms with E-state index in [1.165, 1.54) is 11.3 Å². The molecular weight excluding hydrogens is 256 g/mol. The van der Waals surface area contributed by atoms with Gasteiger partial charge in [0.25, 0.3) is 0 Å². The normalized spacial score (nSPS) is 19.0. The molecular formula is C11H18N2O2S2. The Labute approximate surface area is 106 Å². The van der Waals surface area contributed by atoms with Gasteiger partial charge in [-0.05, 0) is 39.2 Å². The van der Waals surface area contributed by atoms with Crippen molar-refractivity contribution in [2.24, 2.45) is 5.73 Å². The molecule has 6 heteroatoms. The molecule has 0 aliphatic heterocycles. The van der Waals surface area contributed by atoms with Crippen LogP contribution in [0.4, 0.5) is 0 Å². The van der Waals surface area contributed by atoms with Gasteiger partial charge in [0.2, 0.25) is 10.0 Å². The highest BCUT2D eigenvalue weighted by Crippen LogP contribution is 2.29. The second-order valence-electron chi connectivity index (χ2n) is 4.82. The van der Waals surface area contributed by atoms with Gasteiger partial charge < -0.3 is 5.73 Å². The van der Waals surface area contributed by atoms with Gasteiger partial charge in [0.1, 0.15) is 0 Å². The van der Waals surface area contributed by atoms with E-state index in [0.29, 0.717) is 11.4 Å². The molecule has 96 valence electrons. The third-order valence-corrected chi connectivity index (χ3v) is 5.87. The molecule has 17 heavy (non-hydrogen) atoms. The fourth-order valence-electron chi connectivity index (χ4n) is 2.00. The molecule has 0 bridgehead atoms. The Bertz CT molecular complexity index is 516. The molecule has 0 atom stereocenters. The molecule has 1 aromatic heterocycles. The number of nitrogens with two attached hydrogens (primary N) is 1. The van der Waals surface area contributed by atoms with Gasteiger partial charge in [0, 0.05) is 21.8 Å². The second-order valence-corrected chi connectivity index (χ2v) is 8.01. The molecule has 0 saturated heterocycles. The first-order chi connectivity index (χ1) is 7.82. The summed E-state index contributed by atoms with van der Waals surface area (Å²) >= 11 is 1.50. The predicted octanol–water partition coefficient (Wildman–Crippen LogP) is 1.52. The summed E-state index contributed by atoms with van der Waals surface area (Å²) in [6.45, 7) is 4.07. The minimum absolute atomic E-state index is 0.327. The third-order valence-electron chi connectivity index (χ3n) is 3.25. The van der Waals surface area contributed by atoms with E-state index in [2.05, 4.69) is 4.72 Å². The van der Waals surface area contributed by atoms with Crippen LogP contribution in [0.25, 0.3) is 0 Å². The third kappa shape index (κ3) is 2.70. The molecule has 1 aliphatic rings. The van der Waals surface area contributed by atoms with Crippen molar-refractivity contribution in [2.75, 3.05) is 6.54 Å². The highest BCUT2D eigenvalue weighted by atomic mass is 32.2. The molecule has 0 spiro atoms. The second kappa shape index (κ2) is 4.35. The predicted molar refractivity (Wildman–Crippen MR) is 69.8 cm³/mol. The maximum Gasteiger partial charge on any atom is 0.241 e. The van der Waals surface area contributed by atoms with Crippen molar-refractivity contribution in [3.63, 3.8) is 0 Å². The van der Waals surface area contributed by atoms with Gasteiger partial charge in [-0.3, -0.25) is 0 Å². The highest BCUT2D eigenvalue weighted by molar-refractivity contribution is 7.89. The molecule has 4 nitrogen and oxygen atoms in total. The molecule has 1 aliphatic carbocycles. The van der Waals surface area contributed by atoms with Crippen molar-refractivity contribution in [3.8, 4) is 0 Å². The van der Waals surface area contributed by atoms with E-state index >= 15 is 0 Å². The van der Waals surface area contributed by atoms with E-state index < -0.39 is 10.0 Å². The molecule has 3 N–H and O–H groups in total. The van der Waals surface area contributed by atoms with Crippen LogP contribution in [0.15, 0.2) is 11.0 Å². The van der Waals surface area contributed by atoms with Crippen LogP contribution in [0.3, 0.4) is 0 Å². The zero-order valence-electron chi connectivity index (χ0n) is 10.1. The maximum absolute atomic E-state index is 12.1. The lowest BCUT2D eigenvalue weighted by molar-refractivity contribution is 0.251. The van der Waals surface area contributed by atoms with Crippen LogP contribution in [-0.2, 0) is 10.0 Å². The molecule has 2 rings (SSSR count). The number of aryl methyl sites for hydroxylation is 2. The summed E-state index contributed by atoms with van der Waals surface area (Å²) in [6, 6.07) is 1.71. The van der Waals surface area contributed by atoms with Crippen LogP contribution < -0.4 is 10.5 Å². The lowest BCUT2D eigenvalue weighted by Gasteiger charge is -2.37. The van der Waals surface area contributed by atoms with Gasteiger partial charge in [-0.2, -0.15) is 0 Å². The summed E-state index contributed by atoms with van der Waals surface area (Å²) in [7, 11) is -3.40. The minimum atomic E-state index is -3.40. The number of rotatable bonds is 4. The van der Waals surface area contributed by atoms with Crippen LogP contribution in [-0.4, -0.2) is 20.5 Å². The average molecular weight is 274 g/mol. The zero-order valence-corrected chi connectivity index (χ0v) is 11.7. The maximum atomic E-state index is 12.1. The first-order valence-electron chi connectivity index (χ1n) is 5.68. The first kappa shape index (κ1) is 13.0. The van der Waals surface area contributed by atoms with E-state index in [1.54, 1.807) is 6.07 Å². The number of nitrogens with one attached hydrogen (secondary N) is 1. The number of hydrogen-bond donors (Lipinski definition) is 2. The summed E-state index contributed by atoms with van der Waals surface area (Å²) in [4.78, 5) is 2.23. The van der Waals surface area contributed by atoms with Gasteiger partial charge in [-0.1, -0.05) is 0 Å². The number of hydrogen-bond acceptors (Lipinski definition) is 4. The van der Waals surface area contributed by atoms with Crippen molar-refractivity contribution in [3.05, 3.63) is 15.8 Å². The summed E-state index contributed by atoms with van der Waals surface area (Å²) in [5, 5.41) is 0. The van der Waals surface area contributed by atoms with Crippen LogP contribution in [0.2, 0.25) is 0 Å². The summed E-state index contributed by atoms with van der Waals surface area (Å²) in [6.07, 6.45) is 2.89. The Balaban J connectivity index is 2.11. The molecule has 0 amide bonds. The van der Waals surface area contributed by atoms with Crippen molar-refractivity contribution in [1.82, 2.24) is 4.72 Å². The summed E-state index contributed by atoms with van der Waals surface area (Å²) < 4.78 is 26.8. The van der Waals surface area contributed by atoms with E-state index in [-0.39, 0.29) is 5.54 Å². The van der Waals surface area contributed by atoms with Crippen molar-refractivity contribution >= 4 is 21.4 Å². The Morgan fingerprint density at radius 1 is 1.47 bits per heavy atom. The fraction of sp³-hybridized carbons (Fsp3) is 0.636. The largest absolute Gasteiger partial charge is 0.324 e. The van der Waals surface area contributed by atoms with Gasteiger partial charge in [-0.15, -0.1) is 11.3 Å². The highest BCUT2D eigenvalue weighted by Gasteiger charge is 2.34. The number of sulfonamides is 1. The van der Waals surface area contributed by atoms with Gasteiger partial charge in [-0.25, -0.2) is 13.1 Å². The minimum Gasteiger partial charge on any atom is -0.324 e. The molecule has 1 aromatic rings. The van der Waals surface area contributed by atoms with Crippen LogP contribution in [0.1, 0.15) is 29.0 Å². The lowest BCUT2D eigenvalue weighted by atomic mass is 9.78. The van der Waals surface area contributed by atoms with Crippen LogP contribution in [0, 0.1) is 13.8 Å². The molecule has 0 unspecified atom stereocenters. The monoisotopic (exact) mass is 274 g/mol. The molecule has 0 radical (unpaired) electrons. The van der Waals surface area contributed by atoms with Gasteiger partial charge >= 0.3 is 0 Å². The topological polar surface area (TPSA) is 72.2 Å². The SMILES string of the molecule is Cc1cc(S(=O)(=O)NCC2(N)CCC2)c(C)s1. The Kier molecular flexibility index (Phi) is 3.33. The molecule has 1 heterocycles. The smallest absolute Gasteiger partial charge is 0.241 e. The summed E-state index contributed by atoms with van der Waals surface area (Å²) in [5.74, 6) is 0. The van der Waals surface area contributed by atoms with E-state index in [1.807, 2.05) is 13.8 Å². The molecule has 1 saturated carbocycles. The Morgan fingerprint density at radius 2 is 2.12 bits per heavy atom. The van der Waals surface area contributed by atoms with Crippen molar-refractivity contribution in [2.45, 2.75) is 43.5 Å². The summed E-state index contributed by atoms with van der Waals surface area (Å²) in [5.41, 5.74) is 5.68. The number of thiophene rings is 1. The first-order valence-corrected chi connectivity index (χ1v) is 7.98. The zero-order chi connectivity index (χ0) is 12.7. The molecule has 0 aromatic carbocycles. The Hall–Kier alpha value is -0.430. The lowest BCUT2D eigenvalue weighted by Crippen LogP contribution is -2.54. The standard InChI is InChI=1S/C11H18N2O2S2/c1-8-6-10(9(2)16-8)17(14,15)13-7-11(12)4-3-5-11/h6,13H,3-5,7,12H2,1-2H3. The molecule has 1 fully saturated rings. The quantitative estimate of drug-likeness (QED) is 0.874. The van der Waals surface area contributed by atoms with Crippen LogP contribution >= 0.6 is 11.3 Å². The fourth-order valence-corrected chi connectivity index (χ4v) is 4.69. The van der Waals surface area contributed by atoms with E-state index in [0.717, 1.165) is 29.0 Å². The average Bonchev–Trinajstić information content (AvgIpc) is 2.53. The van der Waals surface area contributed by atoms with Crippen LogP contribution in [0.5, 0.6) is 0 Å². The van der Waals surface area contributed by atoms with E-state index in [4.69, 9.17) is 5.73 Å². The van der Waals surface area contributed by atoms with Crippen molar-refractivity contribution in [1.29, 1.82) is 0 Å². The Morgan fingerprint density at radius 3 is 2.53 bits per heavy atom. The van der Waals surface area contributed by atoms with Gasteiger partial charge in [0.05, 0.1) is 4.90 Å².